The number of aromatic hydroxyl groups is 1. The highest BCUT2D eigenvalue weighted by Crippen LogP contribution is 2.37. The first-order valence-electron chi connectivity index (χ1n) is 5.25. The summed E-state index contributed by atoms with van der Waals surface area (Å²) in [5.41, 5.74) is 2.00. The van der Waals surface area contributed by atoms with Gasteiger partial charge >= 0.3 is 0 Å². The number of rotatable bonds is 1. The fourth-order valence-electron chi connectivity index (χ4n) is 1.95. The Morgan fingerprint density at radius 3 is 2.69 bits per heavy atom. The molecule has 0 bridgehead atoms. The van der Waals surface area contributed by atoms with E-state index in [9.17, 15) is 9.90 Å². The lowest BCUT2D eigenvalue weighted by Crippen LogP contribution is -2.30. The summed E-state index contributed by atoms with van der Waals surface area (Å²) in [6.45, 7) is 6.21. The van der Waals surface area contributed by atoms with E-state index in [0.717, 1.165) is 5.56 Å². The maximum atomic E-state index is 12.0. The van der Waals surface area contributed by atoms with Crippen LogP contribution in [0.2, 0.25) is 5.02 Å². The van der Waals surface area contributed by atoms with Crippen LogP contribution in [-0.4, -0.2) is 22.0 Å². The fourth-order valence-corrected chi connectivity index (χ4v) is 2.21. The summed E-state index contributed by atoms with van der Waals surface area (Å²) in [6.07, 6.45) is 0. The molecule has 1 aromatic carbocycles. The molecule has 0 fully saturated rings. The van der Waals surface area contributed by atoms with Crippen molar-refractivity contribution >= 4 is 17.5 Å². The molecule has 1 heterocycles. The van der Waals surface area contributed by atoms with Gasteiger partial charge in [-0.15, -0.1) is 0 Å². The number of phenols is 1. The first kappa shape index (κ1) is 11.3. The van der Waals surface area contributed by atoms with Gasteiger partial charge in [0.25, 0.3) is 5.91 Å². The van der Waals surface area contributed by atoms with Crippen LogP contribution >= 0.6 is 11.6 Å². The van der Waals surface area contributed by atoms with E-state index in [0.29, 0.717) is 22.7 Å². The van der Waals surface area contributed by atoms with Gasteiger partial charge < -0.3 is 10.0 Å². The Labute approximate surface area is 99.6 Å². The zero-order chi connectivity index (χ0) is 12.0. The van der Waals surface area contributed by atoms with Crippen molar-refractivity contribution in [2.75, 3.05) is 0 Å². The molecule has 0 atom stereocenters. The molecule has 1 amide bonds. The molecular weight excluding hydrogens is 226 g/mol. The SMILES string of the molecule is Cc1c(O)cc2c(c1Cl)CN(C(C)C)C2=O. The molecule has 16 heavy (non-hydrogen) atoms. The maximum absolute atomic E-state index is 12.0. The summed E-state index contributed by atoms with van der Waals surface area (Å²) in [4.78, 5) is 13.8. The summed E-state index contributed by atoms with van der Waals surface area (Å²) in [7, 11) is 0. The Balaban J connectivity index is 2.56. The zero-order valence-corrected chi connectivity index (χ0v) is 10.3. The van der Waals surface area contributed by atoms with Crippen molar-refractivity contribution in [1.29, 1.82) is 0 Å². The average Bonchev–Trinajstić information content (AvgIpc) is 2.54. The lowest BCUT2D eigenvalue weighted by atomic mass is 10.1. The number of hydrogen-bond acceptors (Lipinski definition) is 2. The number of fused-ring (bicyclic) bond motifs is 1. The van der Waals surface area contributed by atoms with E-state index >= 15 is 0 Å². The molecule has 1 aromatic rings. The van der Waals surface area contributed by atoms with Crippen LogP contribution in [-0.2, 0) is 6.54 Å². The molecular formula is C12H14ClNO2. The molecule has 4 heteroatoms. The largest absolute Gasteiger partial charge is 0.508 e. The molecule has 86 valence electrons. The third kappa shape index (κ3) is 1.47. The number of carbonyl (C=O) groups is 1. The van der Waals surface area contributed by atoms with Gasteiger partial charge in [0.1, 0.15) is 5.75 Å². The summed E-state index contributed by atoms with van der Waals surface area (Å²) in [5, 5.41) is 10.2. The van der Waals surface area contributed by atoms with E-state index in [1.54, 1.807) is 11.8 Å². The van der Waals surface area contributed by atoms with Gasteiger partial charge in [0, 0.05) is 29.3 Å². The van der Waals surface area contributed by atoms with Gasteiger partial charge in [0.2, 0.25) is 0 Å². The monoisotopic (exact) mass is 239 g/mol. The number of nitrogens with zero attached hydrogens (tertiary/aromatic N) is 1. The van der Waals surface area contributed by atoms with E-state index in [1.807, 2.05) is 13.8 Å². The van der Waals surface area contributed by atoms with Gasteiger partial charge in [0.05, 0.1) is 5.02 Å². The third-order valence-electron chi connectivity index (χ3n) is 3.03. The first-order chi connectivity index (χ1) is 7.43. The minimum absolute atomic E-state index is 0.0535. The van der Waals surface area contributed by atoms with Crippen LogP contribution in [0.5, 0.6) is 5.75 Å². The molecule has 0 aromatic heterocycles. The van der Waals surface area contributed by atoms with Gasteiger partial charge in [-0.2, -0.15) is 0 Å². The van der Waals surface area contributed by atoms with E-state index in [4.69, 9.17) is 11.6 Å². The van der Waals surface area contributed by atoms with Gasteiger partial charge in [-0.3, -0.25) is 4.79 Å². The molecule has 2 rings (SSSR count). The maximum Gasteiger partial charge on any atom is 0.254 e. The van der Waals surface area contributed by atoms with Crippen LogP contribution in [0.25, 0.3) is 0 Å². The molecule has 0 radical (unpaired) electrons. The second-order valence-electron chi connectivity index (χ2n) is 4.39. The minimum atomic E-state index is -0.0535. The zero-order valence-electron chi connectivity index (χ0n) is 9.54. The second kappa shape index (κ2) is 3.67. The quantitative estimate of drug-likeness (QED) is 0.819. The Morgan fingerprint density at radius 1 is 1.50 bits per heavy atom. The van der Waals surface area contributed by atoms with E-state index in [1.165, 1.54) is 6.07 Å². The molecule has 1 N–H and O–H groups in total. The molecule has 0 aliphatic carbocycles. The number of amides is 1. The summed E-state index contributed by atoms with van der Waals surface area (Å²) in [5.74, 6) is 0.0323. The van der Waals surface area contributed by atoms with Gasteiger partial charge in [-0.25, -0.2) is 0 Å². The topological polar surface area (TPSA) is 40.5 Å². The average molecular weight is 240 g/mol. The van der Waals surface area contributed by atoms with Crippen LogP contribution in [0.3, 0.4) is 0 Å². The fraction of sp³-hybridized carbons (Fsp3) is 0.417. The predicted octanol–water partition coefficient (Wildman–Crippen LogP) is 2.72. The summed E-state index contributed by atoms with van der Waals surface area (Å²) < 4.78 is 0. The Morgan fingerprint density at radius 2 is 2.12 bits per heavy atom. The highest BCUT2D eigenvalue weighted by Gasteiger charge is 2.32. The Hall–Kier alpha value is -1.22. The number of hydrogen-bond donors (Lipinski definition) is 1. The van der Waals surface area contributed by atoms with Crippen LogP contribution in [0.4, 0.5) is 0 Å². The van der Waals surface area contributed by atoms with Crippen LogP contribution in [0.15, 0.2) is 6.07 Å². The standard InChI is InChI=1S/C12H14ClNO2/c1-6(2)14-5-9-8(12(14)16)4-10(15)7(3)11(9)13/h4,6,15H,5H2,1-3H3. The van der Waals surface area contributed by atoms with Crippen molar-refractivity contribution in [3.8, 4) is 5.75 Å². The van der Waals surface area contributed by atoms with Crippen molar-refractivity contribution in [2.45, 2.75) is 33.4 Å². The van der Waals surface area contributed by atoms with Crippen LogP contribution in [0.1, 0.15) is 35.3 Å². The van der Waals surface area contributed by atoms with Crippen LogP contribution < -0.4 is 0 Å². The van der Waals surface area contributed by atoms with Crippen molar-refractivity contribution in [3.05, 3.63) is 27.8 Å². The molecule has 3 nitrogen and oxygen atoms in total. The number of halogens is 1. The van der Waals surface area contributed by atoms with Crippen molar-refractivity contribution in [1.82, 2.24) is 4.90 Å². The molecule has 0 saturated carbocycles. The highest BCUT2D eigenvalue weighted by atomic mass is 35.5. The van der Waals surface area contributed by atoms with E-state index < -0.39 is 0 Å². The molecule has 0 saturated heterocycles. The predicted molar refractivity (Wildman–Crippen MR) is 62.9 cm³/mol. The lowest BCUT2D eigenvalue weighted by Gasteiger charge is -2.19. The molecule has 0 unspecified atom stereocenters. The smallest absolute Gasteiger partial charge is 0.254 e. The van der Waals surface area contributed by atoms with Crippen molar-refractivity contribution in [3.63, 3.8) is 0 Å². The number of phenolic OH excluding ortho intramolecular Hbond substituents is 1. The minimum Gasteiger partial charge on any atom is -0.508 e. The van der Waals surface area contributed by atoms with E-state index in [2.05, 4.69) is 0 Å². The number of carbonyl (C=O) groups excluding carboxylic acids is 1. The van der Waals surface area contributed by atoms with Gasteiger partial charge in [-0.05, 0) is 26.8 Å². The van der Waals surface area contributed by atoms with Crippen molar-refractivity contribution < 1.29 is 9.90 Å². The Kier molecular flexibility index (Phi) is 2.58. The van der Waals surface area contributed by atoms with Gasteiger partial charge in [-0.1, -0.05) is 11.6 Å². The highest BCUT2D eigenvalue weighted by molar-refractivity contribution is 6.33. The third-order valence-corrected chi connectivity index (χ3v) is 3.54. The Bertz CT molecular complexity index is 469. The van der Waals surface area contributed by atoms with Crippen molar-refractivity contribution in [2.24, 2.45) is 0 Å². The summed E-state index contributed by atoms with van der Waals surface area (Å²) >= 11 is 6.14. The molecule has 1 aliphatic rings. The first-order valence-corrected chi connectivity index (χ1v) is 5.63. The lowest BCUT2D eigenvalue weighted by molar-refractivity contribution is 0.0730. The normalized spacial score (nSPS) is 14.8. The van der Waals surface area contributed by atoms with Gasteiger partial charge in [0.15, 0.2) is 0 Å². The number of benzene rings is 1. The van der Waals surface area contributed by atoms with E-state index in [-0.39, 0.29) is 17.7 Å². The second-order valence-corrected chi connectivity index (χ2v) is 4.77. The molecule has 1 aliphatic heterocycles. The summed E-state index contributed by atoms with van der Waals surface area (Å²) in [6, 6.07) is 1.65. The molecule has 0 spiro atoms. The van der Waals surface area contributed by atoms with Crippen LogP contribution in [0, 0.1) is 6.92 Å².